The first-order chi connectivity index (χ1) is 7.54. The maximum atomic E-state index is 12.8. The number of benzene rings is 1. The number of hydrogen-bond acceptors (Lipinski definition) is 3. The van der Waals surface area contributed by atoms with Crippen LogP contribution < -0.4 is 4.74 Å². The molecule has 0 saturated carbocycles. The second-order valence-electron chi connectivity index (χ2n) is 2.88. The molecule has 1 aromatic rings. The molecule has 0 bridgehead atoms. The number of alkyl halides is 1. The zero-order valence-corrected chi connectivity index (χ0v) is 11.5. The van der Waals surface area contributed by atoms with Crippen LogP contribution in [0, 0.1) is 5.82 Å². The average molecular weight is 356 g/mol. The maximum absolute atomic E-state index is 12.8. The standard InChI is InChI=1S/C10H9Br2FO3/c1-15-10(14)8(12)5-16-9-3-2-6(13)4-7(9)11/h2-4,8H,5H2,1H3. The van der Waals surface area contributed by atoms with Crippen molar-refractivity contribution in [3.8, 4) is 5.75 Å². The summed E-state index contributed by atoms with van der Waals surface area (Å²) in [7, 11) is 1.30. The molecule has 3 nitrogen and oxygen atoms in total. The second kappa shape index (κ2) is 6.20. The lowest BCUT2D eigenvalue weighted by Gasteiger charge is -2.11. The molecule has 1 aromatic carbocycles. The van der Waals surface area contributed by atoms with Gasteiger partial charge < -0.3 is 9.47 Å². The quantitative estimate of drug-likeness (QED) is 0.615. The van der Waals surface area contributed by atoms with Gasteiger partial charge in [-0.3, -0.25) is 4.79 Å². The summed E-state index contributed by atoms with van der Waals surface area (Å²) in [5.74, 6) is -0.310. The fourth-order valence-electron chi connectivity index (χ4n) is 0.951. The van der Waals surface area contributed by atoms with E-state index in [1.165, 1.54) is 25.3 Å². The summed E-state index contributed by atoms with van der Waals surface area (Å²) in [5.41, 5.74) is 0. The van der Waals surface area contributed by atoms with Gasteiger partial charge in [0, 0.05) is 0 Å². The van der Waals surface area contributed by atoms with E-state index in [0.717, 1.165) is 0 Å². The zero-order chi connectivity index (χ0) is 12.1. The van der Waals surface area contributed by atoms with E-state index in [4.69, 9.17) is 4.74 Å². The lowest BCUT2D eigenvalue weighted by Crippen LogP contribution is -2.23. The van der Waals surface area contributed by atoms with Gasteiger partial charge in [-0.2, -0.15) is 0 Å². The fraction of sp³-hybridized carbons (Fsp3) is 0.300. The van der Waals surface area contributed by atoms with Crippen LogP contribution in [0.1, 0.15) is 0 Å². The van der Waals surface area contributed by atoms with Crippen LogP contribution in [-0.2, 0) is 9.53 Å². The van der Waals surface area contributed by atoms with Gasteiger partial charge >= 0.3 is 5.97 Å². The van der Waals surface area contributed by atoms with E-state index in [1.54, 1.807) is 0 Å². The first kappa shape index (κ1) is 13.4. The molecule has 16 heavy (non-hydrogen) atoms. The predicted octanol–water partition coefficient (Wildman–Crippen LogP) is 2.90. The van der Waals surface area contributed by atoms with Crippen molar-refractivity contribution in [1.29, 1.82) is 0 Å². The van der Waals surface area contributed by atoms with Crippen LogP contribution in [0.15, 0.2) is 22.7 Å². The Balaban J connectivity index is 2.58. The minimum atomic E-state index is -0.547. The summed E-state index contributed by atoms with van der Waals surface area (Å²) in [4.78, 5) is 10.5. The molecule has 0 spiro atoms. The van der Waals surface area contributed by atoms with Crippen molar-refractivity contribution >= 4 is 37.8 Å². The molecule has 0 aromatic heterocycles. The molecule has 0 amide bonds. The number of esters is 1. The Morgan fingerprint density at radius 3 is 2.81 bits per heavy atom. The molecule has 0 N–H and O–H groups in total. The van der Waals surface area contributed by atoms with E-state index in [1.807, 2.05) is 0 Å². The van der Waals surface area contributed by atoms with Gasteiger partial charge in [-0.25, -0.2) is 4.39 Å². The summed E-state index contributed by atoms with van der Waals surface area (Å²) in [6.45, 7) is 0.108. The third-order valence-corrected chi connectivity index (χ3v) is 2.99. The lowest BCUT2D eigenvalue weighted by molar-refractivity contribution is -0.140. The van der Waals surface area contributed by atoms with E-state index in [9.17, 15) is 9.18 Å². The molecule has 0 heterocycles. The number of ether oxygens (including phenoxy) is 2. The smallest absolute Gasteiger partial charge is 0.322 e. The molecule has 1 unspecified atom stereocenters. The van der Waals surface area contributed by atoms with Crippen molar-refractivity contribution < 1.29 is 18.7 Å². The molecular weight excluding hydrogens is 347 g/mol. The van der Waals surface area contributed by atoms with Crippen LogP contribution >= 0.6 is 31.9 Å². The first-order valence-corrected chi connectivity index (χ1v) is 6.05. The Morgan fingerprint density at radius 2 is 2.25 bits per heavy atom. The molecular formula is C10H9Br2FO3. The predicted molar refractivity (Wildman–Crippen MR) is 64.3 cm³/mol. The number of carbonyl (C=O) groups is 1. The van der Waals surface area contributed by atoms with Crippen molar-refractivity contribution in [2.24, 2.45) is 0 Å². The molecule has 6 heteroatoms. The summed E-state index contributed by atoms with van der Waals surface area (Å²) in [6.07, 6.45) is 0. The van der Waals surface area contributed by atoms with Crippen LogP contribution in [0.25, 0.3) is 0 Å². The topological polar surface area (TPSA) is 35.5 Å². The van der Waals surface area contributed by atoms with E-state index in [-0.39, 0.29) is 12.4 Å². The number of methoxy groups -OCH3 is 1. The van der Waals surface area contributed by atoms with E-state index >= 15 is 0 Å². The molecule has 0 aliphatic carbocycles. The van der Waals surface area contributed by atoms with Crippen LogP contribution in [0.5, 0.6) is 5.75 Å². The maximum Gasteiger partial charge on any atom is 0.322 e. The molecule has 0 aliphatic rings. The Hall–Kier alpha value is -0.620. The summed E-state index contributed by atoms with van der Waals surface area (Å²) < 4.78 is 23.1. The molecule has 0 saturated heterocycles. The average Bonchev–Trinajstić information content (AvgIpc) is 2.26. The Morgan fingerprint density at radius 1 is 1.56 bits per heavy atom. The lowest BCUT2D eigenvalue weighted by atomic mass is 10.3. The van der Waals surface area contributed by atoms with Gasteiger partial charge in [-0.05, 0) is 34.1 Å². The van der Waals surface area contributed by atoms with E-state index in [2.05, 4.69) is 36.6 Å². The zero-order valence-electron chi connectivity index (χ0n) is 8.38. The molecule has 0 fully saturated rings. The largest absolute Gasteiger partial charge is 0.491 e. The highest BCUT2D eigenvalue weighted by molar-refractivity contribution is 9.10. The molecule has 0 aliphatic heterocycles. The Kier molecular flexibility index (Phi) is 5.21. The first-order valence-electron chi connectivity index (χ1n) is 4.34. The van der Waals surface area contributed by atoms with Crippen molar-refractivity contribution in [2.75, 3.05) is 13.7 Å². The SMILES string of the molecule is COC(=O)C(Br)COc1ccc(F)cc1Br. The summed E-state index contributed by atoms with van der Waals surface area (Å²) >= 11 is 6.27. The van der Waals surface area contributed by atoms with Crippen molar-refractivity contribution in [2.45, 2.75) is 4.83 Å². The van der Waals surface area contributed by atoms with Gasteiger partial charge in [0.1, 0.15) is 23.0 Å². The van der Waals surface area contributed by atoms with Gasteiger partial charge in [-0.1, -0.05) is 15.9 Å². The van der Waals surface area contributed by atoms with Crippen LogP contribution in [0.2, 0.25) is 0 Å². The van der Waals surface area contributed by atoms with Gasteiger partial charge in [0.05, 0.1) is 11.6 Å². The Bertz CT molecular complexity index is 384. The third-order valence-electron chi connectivity index (χ3n) is 1.74. The van der Waals surface area contributed by atoms with Gasteiger partial charge in [-0.15, -0.1) is 0 Å². The van der Waals surface area contributed by atoms with Gasteiger partial charge in [0.2, 0.25) is 0 Å². The molecule has 0 radical (unpaired) electrons. The van der Waals surface area contributed by atoms with Crippen LogP contribution in [-0.4, -0.2) is 24.5 Å². The van der Waals surface area contributed by atoms with Crippen molar-refractivity contribution in [3.63, 3.8) is 0 Å². The molecule has 1 rings (SSSR count). The minimum absolute atomic E-state index is 0.108. The fourth-order valence-corrected chi connectivity index (χ4v) is 1.74. The number of rotatable bonds is 4. The monoisotopic (exact) mass is 354 g/mol. The van der Waals surface area contributed by atoms with E-state index in [0.29, 0.717) is 10.2 Å². The highest BCUT2D eigenvalue weighted by Gasteiger charge is 2.16. The van der Waals surface area contributed by atoms with Gasteiger partial charge in [0.15, 0.2) is 0 Å². The minimum Gasteiger partial charge on any atom is -0.491 e. The van der Waals surface area contributed by atoms with Crippen molar-refractivity contribution in [3.05, 3.63) is 28.5 Å². The van der Waals surface area contributed by atoms with Crippen molar-refractivity contribution in [1.82, 2.24) is 0 Å². The summed E-state index contributed by atoms with van der Waals surface area (Å²) in [6, 6.07) is 4.05. The van der Waals surface area contributed by atoms with Crippen LogP contribution in [0.4, 0.5) is 4.39 Å². The third kappa shape index (κ3) is 3.75. The molecule has 88 valence electrons. The second-order valence-corrected chi connectivity index (χ2v) is 4.84. The number of halogens is 3. The normalized spacial score (nSPS) is 12.0. The Labute approximate surface area is 109 Å². The number of hydrogen-bond donors (Lipinski definition) is 0. The highest BCUT2D eigenvalue weighted by atomic mass is 79.9. The highest BCUT2D eigenvalue weighted by Crippen LogP contribution is 2.25. The molecule has 1 atom stereocenters. The van der Waals surface area contributed by atoms with E-state index < -0.39 is 10.8 Å². The van der Waals surface area contributed by atoms with Crippen LogP contribution in [0.3, 0.4) is 0 Å². The summed E-state index contributed by atoms with van der Waals surface area (Å²) in [5, 5.41) is 0. The van der Waals surface area contributed by atoms with Gasteiger partial charge in [0.25, 0.3) is 0 Å². The number of carbonyl (C=O) groups excluding carboxylic acids is 1.